The van der Waals surface area contributed by atoms with Gasteiger partial charge in [-0.2, -0.15) is 0 Å². The minimum absolute atomic E-state index is 0.0280. The van der Waals surface area contributed by atoms with Gasteiger partial charge in [0.15, 0.2) is 0 Å². The Kier molecular flexibility index (Phi) is 3.71. The Morgan fingerprint density at radius 2 is 1.82 bits per heavy atom. The van der Waals surface area contributed by atoms with Crippen molar-refractivity contribution in [2.45, 2.75) is 45.4 Å². The predicted molar refractivity (Wildman–Crippen MR) is 91.7 cm³/mol. The van der Waals surface area contributed by atoms with E-state index in [9.17, 15) is 4.79 Å². The number of fused-ring (bicyclic) bond motifs is 1. The van der Waals surface area contributed by atoms with Crippen LogP contribution in [-0.4, -0.2) is 22.6 Å². The molecule has 4 heteroatoms. The summed E-state index contributed by atoms with van der Waals surface area (Å²) in [6.45, 7) is 8.49. The minimum Gasteiger partial charge on any atom is -0.356 e. The number of aryl methyl sites for hydroxylation is 1. The molecule has 0 aromatic carbocycles. The van der Waals surface area contributed by atoms with Crippen molar-refractivity contribution < 1.29 is 0 Å². The second kappa shape index (κ2) is 5.41. The normalized spacial score (nSPS) is 16.3. The van der Waals surface area contributed by atoms with Crippen LogP contribution in [0.3, 0.4) is 0 Å². The highest BCUT2D eigenvalue weighted by Crippen LogP contribution is 2.30. The third-order valence-corrected chi connectivity index (χ3v) is 4.47. The summed E-state index contributed by atoms with van der Waals surface area (Å²) in [4.78, 5) is 19.9. The van der Waals surface area contributed by atoms with Crippen LogP contribution in [0.5, 0.6) is 0 Å². The third kappa shape index (κ3) is 2.62. The molecule has 0 spiro atoms. The van der Waals surface area contributed by atoms with Crippen LogP contribution in [0.15, 0.2) is 23.1 Å². The van der Waals surface area contributed by atoms with Gasteiger partial charge in [-0.25, -0.2) is 4.98 Å². The van der Waals surface area contributed by atoms with E-state index in [1.165, 1.54) is 19.3 Å². The van der Waals surface area contributed by atoms with Crippen LogP contribution in [0, 0.1) is 0 Å². The van der Waals surface area contributed by atoms with Crippen LogP contribution in [0.1, 0.15) is 45.7 Å². The Balaban J connectivity index is 2.29. The first kappa shape index (κ1) is 15.1. The third-order valence-electron chi connectivity index (χ3n) is 4.47. The van der Waals surface area contributed by atoms with E-state index in [2.05, 4.69) is 31.7 Å². The molecule has 118 valence electrons. The van der Waals surface area contributed by atoms with Crippen LogP contribution in [0.2, 0.25) is 0 Å². The molecule has 0 bridgehead atoms. The second-order valence-corrected chi connectivity index (χ2v) is 7.32. The molecule has 2 aromatic rings. The van der Waals surface area contributed by atoms with Crippen LogP contribution < -0.4 is 10.5 Å². The molecule has 1 aliphatic rings. The minimum atomic E-state index is -0.0280. The average Bonchev–Trinajstić information content (AvgIpc) is 2.50. The second-order valence-electron chi connectivity index (χ2n) is 7.32. The van der Waals surface area contributed by atoms with Crippen molar-refractivity contribution in [3.63, 3.8) is 0 Å². The Morgan fingerprint density at radius 1 is 1.14 bits per heavy atom. The van der Waals surface area contributed by atoms with Crippen molar-refractivity contribution in [3.05, 3.63) is 34.4 Å². The summed E-state index contributed by atoms with van der Waals surface area (Å²) in [6.07, 6.45) is 5.47. The van der Waals surface area contributed by atoms with E-state index < -0.39 is 0 Å². The van der Waals surface area contributed by atoms with Gasteiger partial charge in [0.2, 0.25) is 0 Å². The number of aromatic nitrogens is 2. The molecular weight excluding hydrogens is 274 g/mol. The van der Waals surface area contributed by atoms with Crippen molar-refractivity contribution >= 4 is 16.6 Å². The molecule has 0 saturated carbocycles. The van der Waals surface area contributed by atoms with Gasteiger partial charge in [0.05, 0.1) is 5.39 Å². The van der Waals surface area contributed by atoms with Gasteiger partial charge in [-0.3, -0.25) is 4.79 Å². The lowest BCUT2D eigenvalue weighted by Gasteiger charge is -2.30. The zero-order chi connectivity index (χ0) is 15.9. The summed E-state index contributed by atoms with van der Waals surface area (Å²) < 4.78 is 1.65. The lowest BCUT2D eigenvalue weighted by atomic mass is 9.90. The summed E-state index contributed by atoms with van der Waals surface area (Å²) in [6, 6.07) is 4.10. The zero-order valence-electron chi connectivity index (χ0n) is 14.0. The molecule has 22 heavy (non-hydrogen) atoms. The Hall–Kier alpha value is -1.84. The van der Waals surface area contributed by atoms with Gasteiger partial charge < -0.3 is 9.47 Å². The van der Waals surface area contributed by atoms with Gasteiger partial charge in [0.1, 0.15) is 5.82 Å². The summed E-state index contributed by atoms with van der Waals surface area (Å²) in [5.74, 6) is 0.878. The fourth-order valence-electron chi connectivity index (χ4n) is 3.06. The first-order chi connectivity index (χ1) is 10.4. The molecule has 0 radical (unpaired) electrons. The topological polar surface area (TPSA) is 38.1 Å². The maximum absolute atomic E-state index is 12.6. The van der Waals surface area contributed by atoms with Crippen molar-refractivity contribution in [2.75, 3.05) is 18.0 Å². The van der Waals surface area contributed by atoms with Crippen molar-refractivity contribution in [2.24, 2.45) is 7.05 Å². The number of anilines is 1. The number of pyridine rings is 2. The molecule has 0 atom stereocenters. The highest BCUT2D eigenvalue weighted by atomic mass is 16.1. The van der Waals surface area contributed by atoms with E-state index in [0.29, 0.717) is 0 Å². The summed E-state index contributed by atoms with van der Waals surface area (Å²) in [7, 11) is 1.80. The summed E-state index contributed by atoms with van der Waals surface area (Å²) >= 11 is 0. The molecule has 1 saturated heterocycles. The number of piperidine rings is 1. The van der Waals surface area contributed by atoms with Gasteiger partial charge in [-0.05, 0) is 36.8 Å². The molecule has 4 nitrogen and oxygen atoms in total. The molecule has 1 fully saturated rings. The van der Waals surface area contributed by atoms with Gasteiger partial charge in [0.25, 0.3) is 5.56 Å². The van der Waals surface area contributed by atoms with Gasteiger partial charge in [-0.15, -0.1) is 0 Å². The molecule has 0 unspecified atom stereocenters. The van der Waals surface area contributed by atoms with E-state index in [-0.39, 0.29) is 11.0 Å². The van der Waals surface area contributed by atoms with Crippen LogP contribution in [0.25, 0.3) is 10.8 Å². The highest BCUT2D eigenvalue weighted by molar-refractivity contribution is 5.92. The van der Waals surface area contributed by atoms with Crippen LogP contribution in [-0.2, 0) is 12.5 Å². The maximum Gasteiger partial charge on any atom is 0.261 e. The van der Waals surface area contributed by atoms with E-state index in [1.54, 1.807) is 11.6 Å². The van der Waals surface area contributed by atoms with Crippen molar-refractivity contribution in [3.8, 4) is 0 Å². The Morgan fingerprint density at radius 3 is 2.45 bits per heavy atom. The molecule has 3 heterocycles. The fourth-order valence-corrected chi connectivity index (χ4v) is 3.06. The molecule has 1 aliphatic heterocycles. The Bertz CT molecular complexity index is 749. The first-order valence-corrected chi connectivity index (χ1v) is 8.14. The van der Waals surface area contributed by atoms with E-state index in [0.717, 1.165) is 35.4 Å². The van der Waals surface area contributed by atoms with E-state index in [4.69, 9.17) is 4.98 Å². The van der Waals surface area contributed by atoms with Gasteiger partial charge in [0, 0.05) is 37.4 Å². The molecule has 2 aromatic heterocycles. The fraction of sp³-hybridized carbons (Fsp3) is 0.556. The predicted octanol–water partition coefficient (Wildman–Crippen LogP) is 3.22. The lowest BCUT2D eigenvalue weighted by Crippen LogP contribution is -2.32. The lowest BCUT2D eigenvalue weighted by molar-refractivity contribution is 0.555. The smallest absolute Gasteiger partial charge is 0.261 e. The largest absolute Gasteiger partial charge is 0.356 e. The number of hydrogen-bond acceptors (Lipinski definition) is 3. The average molecular weight is 299 g/mol. The molecular formula is C18H25N3O. The number of hydrogen-bond donors (Lipinski definition) is 0. The van der Waals surface area contributed by atoms with Crippen molar-refractivity contribution in [1.29, 1.82) is 0 Å². The molecule has 0 aliphatic carbocycles. The molecule has 0 amide bonds. The van der Waals surface area contributed by atoms with Crippen molar-refractivity contribution in [1.82, 2.24) is 9.55 Å². The highest BCUT2D eigenvalue weighted by Gasteiger charge is 2.23. The monoisotopic (exact) mass is 299 g/mol. The molecule has 3 rings (SSSR count). The van der Waals surface area contributed by atoms with Gasteiger partial charge in [-0.1, -0.05) is 20.8 Å². The standard InChI is InChI=1S/C18H25N3O/c1-18(2,3)14-12-13-8-11-20(4)17(22)15(13)16(19-14)21-9-6-5-7-10-21/h8,11-12H,5-7,9-10H2,1-4H3. The first-order valence-electron chi connectivity index (χ1n) is 8.14. The maximum atomic E-state index is 12.6. The SMILES string of the molecule is Cn1ccc2cc(C(C)(C)C)nc(N3CCCCC3)c2c1=O. The zero-order valence-corrected chi connectivity index (χ0v) is 14.0. The summed E-state index contributed by atoms with van der Waals surface area (Å²) in [5, 5.41) is 1.77. The summed E-state index contributed by atoms with van der Waals surface area (Å²) in [5.41, 5.74) is 1.07. The molecule has 0 N–H and O–H groups in total. The van der Waals surface area contributed by atoms with Crippen LogP contribution in [0.4, 0.5) is 5.82 Å². The van der Waals surface area contributed by atoms with Crippen LogP contribution >= 0.6 is 0 Å². The van der Waals surface area contributed by atoms with E-state index in [1.807, 2.05) is 12.3 Å². The van der Waals surface area contributed by atoms with E-state index >= 15 is 0 Å². The number of nitrogens with zero attached hydrogens (tertiary/aromatic N) is 3. The van der Waals surface area contributed by atoms with Gasteiger partial charge >= 0.3 is 0 Å². The Labute approximate surface area is 131 Å². The quantitative estimate of drug-likeness (QED) is 0.811. The number of rotatable bonds is 1.